The summed E-state index contributed by atoms with van der Waals surface area (Å²) in [5.41, 5.74) is 2.10. The maximum Gasteiger partial charge on any atom is 0.310 e. The molecule has 4 aliphatic heterocycles. The Morgan fingerprint density at radius 1 is 0.825 bits per heavy atom. The van der Waals surface area contributed by atoms with Crippen LogP contribution in [-0.4, -0.2) is 99.1 Å². The number of carbonyl (C=O) groups excluding carboxylic acids is 1. The highest BCUT2D eigenvalue weighted by Gasteiger charge is 2.56. The summed E-state index contributed by atoms with van der Waals surface area (Å²) in [5.74, 6) is -0.206. The second kappa shape index (κ2) is 22.8. The van der Waals surface area contributed by atoms with E-state index in [1.807, 2.05) is 24.3 Å². The molecule has 0 saturated carbocycles. The molecule has 3 saturated heterocycles. The minimum Gasteiger partial charge on any atom is -0.493 e. The van der Waals surface area contributed by atoms with Gasteiger partial charge in [0.1, 0.15) is 24.4 Å². The third kappa shape index (κ3) is 11.3. The molecule has 15 heteroatoms. The van der Waals surface area contributed by atoms with Gasteiger partial charge in [-0.05, 0) is 98.6 Å². The second-order valence-electron chi connectivity index (χ2n) is 16.9. The number of unbranched alkanes of at least 4 members (excludes halogenated alkanes) is 9. The first-order valence-electron chi connectivity index (χ1n) is 22.8. The van der Waals surface area contributed by atoms with E-state index in [2.05, 4.69) is 36.5 Å². The minimum atomic E-state index is -1.45. The van der Waals surface area contributed by atoms with E-state index < -0.39 is 66.8 Å². The molecule has 4 heterocycles. The Kier molecular flexibility index (Phi) is 17.0. The number of benzene rings is 2. The van der Waals surface area contributed by atoms with Crippen molar-refractivity contribution < 1.29 is 62.4 Å². The number of ether oxygens (including phenoxy) is 10. The van der Waals surface area contributed by atoms with Gasteiger partial charge in [0.25, 0.3) is 5.17 Å². The van der Waals surface area contributed by atoms with Crippen LogP contribution in [0.5, 0.6) is 28.7 Å². The summed E-state index contributed by atoms with van der Waals surface area (Å²) in [6.07, 6.45) is 16.4. The van der Waals surface area contributed by atoms with Crippen molar-refractivity contribution in [1.29, 1.82) is 0 Å². The first kappa shape index (κ1) is 47.0. The molecule has 14 nitrogen and oxygen atoms in total. The Hall–Kier alpha value is -3.96. The maximum absolute atomic E-state index is 13.8. The van der Waals surface area contributed by atoms with Gasteiger partial charge < -0.3 is 62.9 Å². The van der Waals surface area contributed by atoms with Gasteiger partial charge in [-0.3, -0.25) is 4.79 Å². The maximum atomic E-state index is 13.8. The van der Waals surface area contributed by atoms with Gasteiger partial charge in [0.2, 0.25) is 12.5 Å². The summed E-state index contributed by atoms with van der Waals surface area (Å²) < 4.78 is 59.4. The van der Waals surface area contributed by atoms with Crippen molar-refractivity contribution >= 4 is 23.4 Å². The van der Waals surface area contributed by atoms with Gasteiger partial charge in [0.05, 0.1) is 39.5 Å². The summed E-state index contributed by atoms with van der Waals surface area (Å²) in [6.45, 7) is 4.84. The Labute approximate surface area is 376 Å². The number of nitrogens with one attached hydrogen (secondary N) is 1. The van der Waals surface area contributed by atoms with Crippen LogP contribution in [0.15, 0.2) is 48.6 Å². The molecule has 3 N–H and O–H groups in total. The molecule has 2 aromatic carbocycles. The number of hydrogen-bond acceptors (Lipinski definition) is 14. The molecule has 0 spiro atoms. The number of fused-ring (bicyclic) bond motifs is 4. The van der Waals surface area contributed by atoms with Crippen LogP contribution in [0, 0.1) is 11.8 Å². The minimum absolute atomic E-state index is 0.0268. The topological polar surface area (TPSA) is 162 Å². The number of esters is 1. The number of aliphatic hydroxyl groups is 2. The fourth-order valence-corrected chi connectivity index (χ4v) is 9.44. The first-order chi connectivity index (χ1) is 30.7. The largest absolute Gasteiger partial charge is 0.493 e. The fraction of sp³-hybridized carbons (Fsp3) is 0.625. The lowest BCUT2D eigenvalue weighted by atomic mass is 9.66. The number of aliphatic hydroxyl groups excluding tert-OH is 2. The van der Waals surface area contributed by atoms with E-state index in [0.29, 0.717) is 46.4 Å². The number of carbonyl (C=O) groups is 1. The summed E-state index contributed by atoms with van der Waals surface area (Å²) in [5, 5.41) is 25.8. The smallest absolute Gasteiger partial charge is 0.310 e. The molecule has 3 fully saturated rings. The van der Waals surface area contributed by atoms with E-state index in [9.17, 15) is 15.0 Å². The zero-order valence-electron chi connectivity index (χ0n) is 37.0. The van der Waals surface area contributed by atoms with E-state index in [1.165, 1.54) is 65.6 Å². The van der Waals surface area contributed by atoms with Crippen LogP contribution in [0.25, 0.3) is 0 Å². The summed E-state index contributed by atoms with van der Waals surface area (Å²) in [6, 6.07) is 7.33. The Bertz CT molecular complexity index is 1880. The van der Waals surface area contributed by atoms with Crippen LogP contribution in [0.4, 0.5) is 0 Å². The molecule has 2 aromatic rings. The Morgan fingerprint density at radius 2 is 1.49 bits per heavy atom. The predicted octanol–water partition coefficient (Wildman–Crippen LogP) is 7.70. The lowest BCUT2D eigenvalue weighted by molar-refractivity contribution is -0.364. The number of cyclic esters (lactones) is 1. The molecular formula is C48H65NO13S. The molecule has 0 aromatic heterocycles. The highest BCUT2D eigenvalue weighted by Crippen LogP contribution is 2.57. The normalized spacial score (nSPS) is 28.4. The van der Waals surface area contributed by atoms with Crippen molar-refractivity contribution in [3.63, 3.8) is 0 Å². The third-order valence-corrected chi connectivity index (χ3v) is 12.8. The van der Waals surface area contributed by atoms with Crippen molar-refractivity contribution in [2.24, 2.45) is 11.8 Å². The average Bonchev–Trinajstić information content (AvgIpc) is 3.92. The van der Waals surface area contributed by atoms with Crippen LogP contribution in [-0.2, 0) is 28.5 Å². The molecule has 346 valence electrons. The van der Waals surface area contributed by atoms with E-state index in [1.54, 1.807) is 6.92 Å². The molecule has 0 amide bonds. The van der Waals surface area contributed by atoms with Crippen molar-refractivity contribution in [2.75, 3.05) is 40.8 Å². The van der Waals surface area contributed by atoms with Crippen LogP contribution in [0.3, 0.4) is 0 Å². The lowest BCUT2D eigenvalue weighted by Crippen LogP contribution is -2.63. The SMILES string of the molecule is CCCCC/C=C\C/C=C\CCCCCCCCNC(=S)Oc1c(OC)cc([C@@H]2c3cc4c(cc3[C@@H](O[C@@H]3O[C@@H]5CO[C@@H](C)O[C@H]5[C@H](O)[C@H]3O)[C@H]3COC(=O)[C@H]23)OCO4)cc1OC. The average molecular weight is 896 g/mol. The second-order valence-corrected chi connectivity index (χ2v) is 17.2. The van der Waals surface area contributed by atoms with Crippen molar-refractivity contribution in [1.82, 2.24) is 5.32 Å². The molecular weight excluding hydrogens is 831 g/mol. The number of methoxy groups -OCH3 is 2. The van der Waals surface area contributed by atoms with E-state index in [-0.39, 0.29) is 25.2 Å². The number of hydrogen-bond donors (Lipinski definition) is 3. The van der Waals surface area contributed by atoms with Crippen molar-refractivity contribution in [3.05, 3.63) is 65.3 Å². The number of allylic oxidation sites excluding steroid dienone is 4. The van der Waals surface area contributed by atoms with Crippen LogP contribution >= 0.6 is 12.2 Å². The van der Waals surface area contributed by atoms with Crippen LogP contribution in [0.2, 0.25) is 0 Å². The van der Waals surface area contributed by atoms with Gasteiger partial charge in [-0.15, -0.1) is 0 Å². The van der Waals surface area contributed by atoms with Crippen molar-refractivity contribution in [2.45, 2.75) is 140 Å². The molecule has 1 aliphatic carbocycles. The summed E-state index contributed by atoms with van der Waals surface area (Å²) in [7, 11) is 3.07. The molecule has 5 aliphatic rings. The van der Waals surface area contributed by atoms with Gasteiger partial charge in [0.15, 0.2) is 35.6 Å². The van der Waals surface area contributed by atoms with Gasteiger partial charge >= 0.3 is 5.97 Å². The summed E-state index contributed by atoms with van der Waals surface area (Å²) >= 11 is 5.61. The highest BCUT2D eigenvalue weighted by atomic mass is 32.1. The van der Waals surface area contributed by atoms with Gasteiger partial charge in [-0.2, -0.15) is 0 Å². The molecule has 0 unspecified atom stereocenters. The number of rotatable bonds is 21. The molecule has 10 atom stereocenters. The van der Waals surface area contributed by atoms with E-state index >= 15 is 0 Å². The lowest BCUT2D eigenvalue weighted by Gasteiger charge is -2.47. The van der Waals surface area contributed by atoms with E-state index in [4.69, 9.17) is 59.6 Å². The van der Waals surface area contributed by atoms with Crippen LogP contribution < -0.4 is 29.0 Å². The van der Waals surface area contributed by atoms with E-state index in [0.717, 1.165) is 31.2 Å². The quantitative estimate of drug-likeness (QED) is 0.0484. The highest BCUT2D eigenvalue weighted by molar-refractivity contribution is 7.80. The van der Waals surface area contributed by atoms with Crippen molar-refractivity contribution in [3.8, 4) is 28.7 Å². The molecule has 7 rings (SSSR count). The standard InChI is InChI=1S/C48H65NO13S/c1-5-6-7-8-9-10-11-12-13-14-15-16-17-18-19-20-21-49-48(63)62-44-36(53-3)22-30(23-37(44)54-4)39-31-24-34-35(58-28-57-34)25-32(31)43(33-26-56-46(52)40(33)39)61-47-42(51)41(50)45-38(60-47)27-55-29(2)59-45/h9-10,12-13,22-25,29,33,38-43,45,47,50-51H,5-8,11,14-21,26-28H2,1-4H3,(H,49,63)/b10-9-,13-12-/t29-,33+,38-,39-,40+,41-,42-,43-,45-,47+/m1/s1. The Balaban J connectivity index is 0.984. The molecule has 0 bridgehead atoms. The van der Waals surface area contributed by atoms with Gasteiger partial charge in [-0.25, -0.2) is 0 Å². The zero-order valence-corrected chi connectivity index (χ0v) is 37.8. The fourth-order valence-electron chi connectivity index (χ4n) is 9.25. The number of thiocarbonyl (C=S) groups is 1. The van der Waals surface area contributed by atoms with Gasteiger partial charge in [0, 0.05) is 18.4 Å². The molecule has 0 radical (unpaired) electrons. The summed E-state index contributed by atoms with van der Waals surface area (Å²) in [4.78, 5) is 13.8. The first-order valence-corrected chi connectivity index (χ1v) is 23.2. The predicted molar refractivity (Wildman–Crippen MR) is 237 cm³/mol. The Morgan fingerprint density at radius 3 is 2.19 bits per heavy atom. The molecule has 63 heavy (non-hydrogen) atoms. The monoisotopic (exact) mass is 895 g/mol. The zero-order chi connectivity index (χ0) is 44.3. The van der Waals surface area contributed by atoms with Gasteiger partial charge in [-0.1, -0.05) is 69.8 Å². The third-order valence-electron chi connectivity index (χ3n) is 12.6. The van der Waals surface area contributed by atoms with Crippen LogP contribution in [0.1, 0.15) is 120 Å².